The number of aliphatic hydroxyl groups is 1. The highest BCUT2D eigenvalue weighted by molar-refractivity contribution is 9.11. The number of thiophene rings is 1. The lowest BCUT2D eigenvalue weighted by molar-refractivity contribution is 0.179. The number of methoxy groups -OCH3 is 2. The molecule has 1 aromatic heterocycles. The zero-order chi connectivity index (χ0) is 13.8. The van der Waals surface area contributed by atoms with Gasteiger partial charge in [-0.15, -0.1) is 11.3 Å². The van der Waals surface area contributed by atoms with Gasteiger partial charge in [-0.25, -0.2) is 0 Å². The van der Waals surface area contributed by atoms with Gasteiger partial charge >= 0.3 is 0 Å². The Bertz CT molecular complexity index is 553. The summed E-state index contributed by atoms with van der Waals surface area (Å²) in [7, 11) is 3.18. The van der Waals surface area contributed by atoms with Gasteiger partial charge in [0.05, 0.1) is 24.1 Å². The summed E-state index contributed by atoms with van der Waals surface area (Å²) in [6, 6.07) is 9.47. The van der Waals surface area contributed by atoms with Crippen LogP contribution < -0.4 is 9.47 Å². The van der Waals surface area contributed by atoms with Crippen LogP contribution in [0, 0.1) is 0 Å². The SMILES string of the molecule is COc1ccc(C(O)Cc2ccc(Br)s2)cc1OC. The molecular formula is C14H15BrO3S. The third-order valence-electron chi connectivity index (χ3n) is 2.82. The molecule has 1 atom stereocenters. The van der Waals surface area contributed by atoms with E-state index in [4.69, 9.17) is 9.47 Å². The van der Waals surface area contributed by atoms with Crippen molar-refractivity contribution >= 4 is 27.3 Å². The Hall–Kier alpha value is -1.04. The van der Waals surface area contributed by atoms with Gasteiger partial charge in [-0.2, -0.15) is 0 Å². The Labute approximate surface area is 124 Å². The van der Waals surface area contributed by atoms with Crippen molar-refractivity contribution in [3.05, 3.63) is 44.6 Å². The maximum Gasteiger partial charge on any atom is 0.161 e. The van der Waals surface area contributed by atoms with Crippen LogP contribution in [-0.2, 0) is 6.42 Å². The molecule has 19 heavy (non-hydrogen) atoms. The lowest BCUT2D eigenvalue weighted by Crippen LogP contribution is -2.01. The minimum atomic E-state index is -0.551. The molecule has 0 spiro atoms. The molecule has 1 N–H and O–H groups in total. The maximum atomic E-state index is 10.3. The van der Waals surface area contributed by atoms with Crippen molar-refractivity contribution in [2.24, 2.45) is 0 Å². The molecule has 0 saturated heterocycles. The van der Waals surface area contributed by atoms with E-state index in [9.17, 15) is 5.11 Å². The summed E-state index contributed by atoms with van der Waals surface area (Å²) in [4.78, 5) is 1.13. The van der Waals surface area contributed by atoms with E-state index in [2.05, 4.69) is 15.9 Å². The third-order valence-corrected chi connectivity index (χ3v) is 4.46. The van der Waals surface area contributed by atoms with Crippen LogP contribution in [0.1, 0.15) is 16.5 Å². The molecule has 0 fully saturated rings. The molecule has 0 radical (unpaired) electrons. The molecule has 1 aromatic carbocycles. The zero-order valence-electron chi connectivity index (χ0n) is 10.7. The Morgan fingerprint density at radius 1 is 1.16 bits per heavy atom. The van der Waals surface area contributed by atoms with Crippen LogP contribution in [0.25, 0.3) is 0 Å². The summed E-state index contributed by atoms with van der Waals surface area (Å²) in [6.07, 6.45) is 0.0384. The fraction of sp³-hybridized carbons (Fsp3) is 0.286. The first-order valence-electron chi connectivity index (χ1n) is 5.78. The van der Waals surface area contributed by atoms with E-state index < -0.39 is 6.10 Å². The van der Waals surface area contributed by atoms with Crippen LogP contribution in [0.3, 0.4) is 0 Å². The van der Waals surface area contributed by atoms with Crippen LogP contribution in [0.5, 0.6) is 11.5 Å². The molecule has 0 aliphatic carbocycles. The molecular weight excluding hydrogens is 328 g/mol. The molecule has 0 saturated carbocycles. The second-order valence-corrected chi connectivity index (χ2v) is 6.59. The van der Waals surface area contributed by atoms with Crippen molar-refractivity contribution < 1.29 is 14.6 Å². The van der Waals surface area contributed by atoms with E-state index in [0.29, 0.717) is 17.9 Å². The van der Waals surface area contributed by atoms with Gasteiger partial charge in [-0.3, -0.25) is 0 Å². The predicted molar refractivity (Wildman–Crippen MR) is 80.2 cm³/mol. The first kappa shape index (κ1) is 14.4. The topological polar surface area (TPSA) is 38.7 Å². The third kappa shape index (κ3) is 3.49. The van der Waals surface area contributed by atoms with Crippen LogP contribution in [0.4, 0.5) is 0 Å². The van der Waals surface area contributed by atoms with Gasteiger partial charge in [-0.1, -0.05) is 6.07 Å². The molecule has 1 unspecified atom stereocenters. The van der Waals surface area contributed by atoms with E-state index in [1.54, 1.807) is 25.6 Å². The van der Waals surface area contributed by atoms with Crippen molar-refractivity contribution in [2.45, 2.75) is 12.5 Å². The number of hydrogen-bond donors (Lipinski definition) is 1. The number of hydrogen-bond acceptors (Lipinski definition) is 4. The molecule has 0 amide bonds. The lowest BCUT2D eigenvalue weighted by atomic mass is 10.1. The molecule has 2 rings (SSSR count). The summed E-state index contributed by atoms with van der Waals surface area (Å²) < 4.78 is 11.5. The summed E-state index contributed by atoms with van der Waals surface area (Å²) in [5.41, 5.74) is 0.821. The van der Waals surface area contributed by atoms with Gasteiger partial charge in [0.2, 0.25) is 0 Å². The fourth-order valence-electron chi connectivity index (χ4n) is 1.83. The Morgan fingerprint density at radius 2 is 1.89 bits per heavy atom. The molecule has 5 heteroatoms. The van der Waals surface area contributed by atoms with E-state index in [1.807, 2.05) is 30.3 Å². The van der Waals surface area contributed by atoms with Crippen molar-refractivity contribution in [2.75, 3.05) is 14.2 Å². The monoisotopic (exact) mass is 342 g/mol. The molecule has 2 aromatic rings. The number of halogens is 1. The van der Waals surface area contributed by atoms with Crippen LogP contribution in [-0.4, -0.2) is 19.3 Å². The van der Waals surface area contributed by atoms with Gasteiger partial charge in [0, 0.05) is 11.3 Å². The fourth-order valence-corrected chi connectivity index (χ4v) is 3.35. The maximum absolute atomic E-state index is 10.3. The summed E-state index contributed by atoms with van der Waals surface area (Å²) in [5.74, 6) is 1.30. The quantitative estimate of drug-likeness (QED) is 0.897. The number of rotatable bonds is 5. The second-order valence-electron chi connectivity index (χ2n) is 4.04. The van der Waals surface area contributed by atoms with Gasteiger partial charge < -0.3 is 14.6 Å². The summed E-state index contributed by atoms with van der Waals surface area (Å²) >= 11 is 5.05. The average Bonchev–Trinajstić information content (AvgIpc) is 2.83. The second kappa shape index (κ2) is 6.41. The van der Waals surface area contributed by atoms with Gasteiger partial charge in [0.15, 0.2) is 11.5 Å². The van der Waals surface area contributed by atoms with Crippen molar-refractivity contribution in [1.29, 1.82) is 0 Å². The van der Waals surface area contributed by atoms with Crippen LogP contribution in [0.15, 0.2) is 34.1 Å². The Kier molecular flexibility index (Phi) is 4.85. The molecule has 102 valence electrons. The standard InChI is InChI=1S/C14H15BrO3S/c1-17-12-5-3-9(7-13(12)18-2)11(16)8-10-4-6-14(15)19-10/h3-7,11,16H,8H2,1-2H3. The smallest absolute Gasteiger partial charge is 0.161 e. The van der Waals surface area contributed by atoms with E-state index >= 15 is 0 Å². The number of ether oxygens (including phenoxy) is 2. The largest absolute Gasteiger partial charge is 0.493 e. The van der Waals surface area contributed by atoms with E-state index in [1.165, 1.54) is 0 Å². The average molecular weight is 343 g/mol. The number of benzene rings is 1. The predicted octanol–water partition coefficient (Wildman–Crippen LogP) is 3.80. The highest BCUT2D eigenvalue weighted by atomic mass is 79.9. The molecule has 0 aliphatic rings. The van der Waals surface area contributed by atoms with Crippen molar-refractivity contribution in [3.63, 3.8) is 0 Å². The summed E-state index contributed by atoms with van der Waals surface area (Å²) in [6.45, 7) is 0. The Morgan fingerprint density at radius 3 is 2.47 bits per heavy atom. The van der Waals surface area contributed by atoms with E-state index in [-0.39, 0.29) is 0 Å². The highest BCUT2D eigenvalue weighted by Crippen LogP contribution is 2.32. The van der Waals surface area contributed by atoms with Gasteiger partial charge in [0.25, 0.3) is 0 Å². The summed E-state index contributed by atoms with van der Waals surface area (Å²) in [5, 5.41) is 10.3. The molecule has 3 nitrogen and oxygen atoms in total. The normalized spacial score (nSPS) is 12.2. The first-order chi connectivity index (χ1) is 9.13. The lowest BCUT2D eigenvalue weighted by Gasteiger charge is -2.13. The van der Waals surface area contributed by atoms with Gasteiger partial charge in [0.1, 0.15) is 0 Å². The van der Waals surface area contributed by atoms with Crippen LogP contribution >= 0.6 is 27.3 Å². The molecule has 1 heterocycles. The highest BCUT2D eigenvalue weighted by Gasteiger charge is 2.13. The first-order valence-corrected chi connectivity index (χ1v) is 7.39. The Balaban J connectivity index is 2.16. The molecule has 0 bridgehead atoms. The number of aliphatic hydroxyl groups excluding tert-OH is 1. The zero-order valence-corrected chi connectivity index (χ0v) is 13.1. The van der Waals surface area contributed by atoms with Crippen molar-refractivity contribution in [3.8, 4) is 11.5 Å². The van der Waals surface area contributed by atoms with E-state index in [0.717, 1.165) is 14.2 Å². The minimum Gasteiger partial charge on any atom is -0.493 e. The van der Waals surface area contributed by atoms with Crippen LogP contribution in [0.2, 0.25) is 0 Å². The molecule has 0 aliphatic heterocycles. The van der Waals surface area contributed by atoms with Gasteiger partial charge in [-0.05, 0) is 45.8 Å². The minimum absolute atomic E-state index is 0.551. The van der Waals surface area contributed by atoms with Crippen molar-refractivity contribution in [1.82, 2.24) is 0 Å².